The van der Waals surface area contributed by atoms with Crippen molar-refractivity contribution in [2.24, 2.45) is 5.14 Å². The molecule has 8 nitrogen and oxygen atoms in total. The summed E-state index contributed by atoms with van der Waals surface area (Å²) in [6, 6.07) is 3.81. The highest BCUT2D eigenvalue weighted by atomic mass is 32.2. The first-order valence-electron chi connectivity index (χ1n) is 6.97. The minimum absolute atomic E-state index is 0.00908. The topological polar surface area (TPSA) is 126 Å². The van der Waals surface area contributed by atoms with Gasteiger partial charge in [0.25, 0.3) is 0 Å². The largest absolute Gasteiger partial charge is 0.465 e. The SMILES string of the molecule is CCOC(=O)c1ccoc1COC(=O)c1cc(S(N)(=O)=O)ccc1F. The van der Waals surface area contributed by atoms with Gasteiger partial charge in [0.1, 0.15) is 11.4 Å². The molecule has 0 aliphatic carbocycles. The first-order chi connectivity index (χ1) is 11.7. The number of sulfonamides is 1. The maximum Gasteiger partial charge on any atom is 0.341 e. The van der Waals surface area contributed by atoms with Crippen molar-refractivity contribution in [3.63, 3.8) is 0 Å². The van der Waals surface area contributed by atoms with E-state index < -0.39 is 44.8 Å². The minimum Gasteiger partial charge on any atom is -0.465 e. The van der Waals surface area contributed by atoms with Gasteiger partial charge in [-0.3, -0.25) is 0 Å². The van der Waals surface area contributed by atoms with Gasteiger partial charge in [-0.25, -0.2) is 27.5 Å². The fourth-order valence-electron chi connectivity index (χ4n) is 1.89. The summed E-state index contributed by atoms with van der Waals surface area (Å²) < 4.78 is 51.0. The molecular formula is C15H14FNO7S. The van der Waals surface area contributed by atoms with Gasteiger partial charge >= 0.3 is 11.9 Å². The molecule has 0 amide bonds. The summed E-state index contributed by atoms with van der Waals surface area (Å²) in [5.74, 6) is -2.78. The van der Waals surface area contributed by atoms with E-state index in [0.717, 1.165) is 18.2 Å². The molecule has 1 aromatic heterocycles. The Kier molecular flexibility index (Phi) is 5.55. The molecule has 0 aliphatic heterocycles. The van der Waals surface area contributed by atoms with Crippen molar-refractivity contribution < 1.29 is 36.3 Å². The molecule has 0 atom stereocenters. The lowest BCUT2D eigenvalue weighted by atomic mass is 10.2. The van der Waals surface area contributed by atoms with Crippen molar-refractivity contribution in [3.8, 4) is 0 Å². The molecule has 0 spiro atoms. The molecule has 0 saturated heterocycles. The first-order valence-corrected chi connectivity index (χ1v) is 8.51. The predicted octanol–water partition coefficient (Wildman–Crippen LogP) is 1.60. The Morgan fingerprint density at radius 2 is 1.84 bits per heavy atom. The number of rotatable bonds is 6. The Bertz CT molecular complexity index is 904. The zero-order valence-electron chi connectivity index (χ0n) is 13.0. The van der Waals surface area contributed by atoms with E-state index in [1.54, 1.807) is 6.92 Å². The highest BCUT2D eigenvalue weighted by Gasteiger charge is 2.21. The van der Waals surface area contributed by atoms with Gasteiger partial charge in [-0.1, -0.05) is 0 Å². The van der Waals surface area contributed by atoms with Gasteiger partial charge in [-0.2, -0.15) is 0 Å². The lowest BCUT2D eigenvalue weighted by molar-refractivity contribution is 0.0418. The Balaban J connectivity index is 2.17. The minimum atomic E-state index is -4.11. The summed E-state index contributed by atoms with van der Waals surface area (Å²) >= 11 is 0. The molecule has 0 radical (unpaired) electrons. The van der Waals surface area contributed by atoms with E-state index in [1.807, 2.05) is 0 Å². The Morgan fingerprint density at radius 1 is 1.16 bits per heavy atom. The average molecular weight is 371 g/mol. The number of primary sulfonamides is 1. The Hall–Kier alpha value is -2.72. The van der Waals surface area contributed by atoms with Crippen LogP contribution in [0.15, 0.2) is 39.8 Å². The Labute approximate surface area is 142 Å². The van der Waals surface area contributed by atoms with Gasteiger partial charge in [0.05, 0.1) is 23.3 Å². The van der Waals surface area contributed by atoms with E-state index >= 15 is 0 Å². The second-order valence-electron chi connectivity index (χ2n) is 4.74. The van der Waals surface area contributed by atoms with E-state index in [2.05, 4.69) is 0 Å². The number of esters is 2. The van der Waals surface area contributed by atoms with Crippen molar-refractivity contribution >= 4 is 22.0 Å². The van der Waals surface area contributed by atoms with Crippen molar-refractivity contribution in [2.75, 3.05) is 6.61 Å². The van der Waals surface area contributed by atoms with Crippen molar-refractivity contribution in [1.82, 2.24) is 0 Å². The van der Waals surface area contributed by atoms with E-state index in [-0.39, 0.29) is 17.9 Å². The van der Waals surface area contributed by atoms with Crippen LogP contribution in [-0.4, -0.2) is 27.0 Å². The molecule has 10 heteroatoms. The maximum absolute atomic E-state index is 13.7. The van der Waals surface area contributed by atoms with E-state index in [1.165, 1.54) is 12.3 Å². The summed E-state index contributed by atoms with van der Waals surface area (Å²) in [5, 5.41) is 4.94. The fraction of sp³-hybridized carbons (Fsp3) is 0.200. The van der Waals surface area contributed by atoms with Gasteiger partial charge in [0.15, 0.2) is 12.4 Å². The van der Waals surface area contributed by atoms with Crippen LogP contribution in [-0.2, 0) is 26.1 Å². The van der Waals surface area contributed by atoms with E-state index in [0.29, 0.717) is 0 Å². The summed E-state index contributed by atoms with van der Waals surface area (Å²) in [7, 11) is -4.11. The highest BCUT2D eigenvalue weighted by Crippen LogP contribution is 2.18. The van der Waals surface area contributed by atoms with Crippen molar-refractivity contribution in [3.05, 3.63) is 53.2 Å². The van der Waals surface area contributed by atoms with Gasteiger partial charge in [-0.05, 0) is 31.2 Å². The van der Waals surface area contributed by atoms with E-state index in [9.17, 15) is 22.4 Å². The van der Waals surface area contributed by atoms with Crippen molar-refractivity contribution in [1.29, 1.82) is 0 Å². The van der Waals surface area contributed by atoms with E-state index in [4.69, 9.17) is 19.0 Å². The number of carbonyl (C=O) groups is 2. The van der Waals surface area contributed by atoms with Gasteiger partial charge in [0, 0.05) is 0 Å². The van der Waals surface area contributed by atoms with Crippen LogP contribution in [0.4, 0.5) is 4.39 Å². The number of hydrogen-bond acceptors (Lipinski definition) is 7. The number of hydrogen-bond donors (Lipinski definition) is 1. The number of halogens is 1. The molecule has 0 fully saturated rings. The van der Waals surface area contributed by atoms with Crippen LogP contribution < -0.4 is 5.14 Å². The molecule has 0 unspecified atom stereocenters. The van der Waals surface area contributed by atoms with Crippen LogP contribution in [0, 0.1) is 5.82 Å². The number of ether oxygens (including phenoxy) is 2. The highest BCUT2D eigenvalue weighted by molar-refractivity contribution is 7.89. The lowest BCUT2D eigenvalue weighted by Crippen LogP contribution is -2.15. The first kappa shape index (κ1) is 18.6. The van der Waals surface area contributed by atoms with Crippen LogP contribution >= 0.6 is 0 Å². The predicted molar refractivity (Wildman–Crippen MR) is 81.6 cm³/mol. The third-order valence-electron chi connectivity index (χ3n) is 3.06. The van der Waals surface area contributed by atoms with Crippen molar-refractivity contribution in [2.45, 2.75) is 18.4 Å². The molecule has 25 heavy (non-hydrogen) atoms. The normalized spacial score (nSPS) is 11.2. The van der Waals surface area contributed by atoms with Gasteiger partial charge < -0.3 is 13.9 Å². The Morgan fingerprint density at radius 3 is 2.48 bits per heavy atom. The molecule has 0 bridgehead atoms. The standard InChI is InChI=1S/C15H14FNO7S/c1-2-22-14(18)10-5-6-23-13(10)8-24-15(19)11-7-9(25(17,20)21)3-4-12(11)16/h3-7H,2,8H2,1H3,(H2,17,20,21). The summed E-state index contributed by atoms with van der Waals surface area (Å²) in [6.45, 7) is 1.30. The zero-order valence-corrected chi connectivity index (χ0v) is 13.8. The lowest BCUT2D eigenvalue weighted by Gasteiger charge is -2.07. The molecule has 1 heterocycles. The monoisotopic (exact) mass is 371 g/mol. The number of furan rings is 1. The van der Waals surface area contributed by atoms with Crippen LogP contribution in [0.3, 0.4) is 0 Å². The molecule has 2 N–H and O–H groups in total. The maximum atomic E-state index is 13.7. The second-order valence-corrected chi connectivity index (χ2v) is 6.30. The number of carbonyl (C=O) groups excluding carboxylic acids is 2. The summed E-state index contributed by atoms with van der Waals surface area (Å²) in [4.78, 5) is 23.2. The van der Waals surface area contributed by atoms with Gasteiger partial charge in [-0.15, -0.1) is 0 Å². The molecule has 2 rings (SSSR count). The van der Waals surface area contributed by atoms with Crippen LogP contribution in [0.5, 0.6) is 0 Å². The third kappa shape index (κ3) is 4.43. The number of nitrogens with two attached hydrogens (primary N) is 1. The molecule has 0 saturated carbocycles. The fourth-order valence-corrected chi connectivity index (χ4v) is 2.43. The summed E-state index contributed by atoms with van der Waals surface area (Å²) in [5.41, 5.74) is -0.552. The van der Waals surface area contributed by atoms with Crippen LogP contribution in [0.2, 0.25) is 0 Å². The van der Waals surface area contributed by atoms with Crippen LogP contribution in [0.1, 0.15) is 33.4 Å². The quantitative estimate of drug-likeness (QED) is 0.764. The molecular weight excluding hydrogens is 357 g/mol. The second kappa shape index (κ2) is 7.45. The molecule has 2 aromatic rings. The average Bonchev–Trinajstić information content (AvgIpc) is 3.00. The molecule has 1 aromatic carbocycles. The molecule has 134 valence electrons. The third-order valence-corrected chi connectivity index (χ3v) is 3.97. The zero-order chi connectivity index (χ0) is 18.6. The van der Waals surface area contributed by atoms with Gasteiger partial charge in [0.2, 0.25) is 10.0 Å². The molecule has 0 aliphatic rings. The smallest absolute Gasteiger partial charge is 0.341 e. The van der Waals surface area contributed by atoms with Crippen LogP contribution in [0.25, 0.3) is 0 Å². The number of benzene rings is 1. The summed E-state index contributed by atoms with van der Waals surface area (Å²) in [6.07, 6.45) is 1.21.